The Kier molecular flexibility index (Phi) is 5.95. The minimum Gasteiger partial charge on any atom is -0.332 e. The lowest BCUT2D eigenvalue weighted by atomic mass is 10.0. The average Bonchev–Trinajstić information content (AvgIpc) is 3.18. The fourth-order valence-electron chi connectivity index (χ4n) is 3.39. The summed E-state index contributed by atoms with van der Waals surface area (Å²) in [6.07, 6.45) is 3.56. The highest BCUT2D eigenvalue weighted by Gasteiger charge is 2.14. The Labute approximate surface area is 179 Å². The zero-order chi connectivity index (χ0) is 20.9. The number of urea groups is 1. The number of benzene rings is 2. The number of fused-ring (bicyclic) bond motifs is 1. The molecule has 0 fully saturated rings. The quantitative estimate of drug-likeness (QED) is 0.461. The van der Waals surface area contributed by atoms with Crippen molar-refractivity contribution in [2.75, 3.05) is 6.54 Å². The van der Waals surface area contributed by atoms with E-state index in [1.54, 1.807) is 23.4 Å². The summed E-state index contributed by atoms with van der Waals surface area (Å²) in [4.78, 5) is 18.6. The molecule has 0 bridgehead atoms. The van der Waals surface area contributed by atoms with Gasteiger partial charge < -0.3 is 10.2 Å². The van der Waals surface area contributed by atoms with Gasteiger partial charge in [0.1, 0.15) is 0 Å². The van der Waals surface area contributed by atoms with Crippen LogP contribution in [0, 0.1) is 0 Å². The fraction of sp³-hybridized carbons (Fsp3) is 0.174. The third-order valence-electron chi connectivity index (χ3n) is 4.99. The minimum atomic E-state index is -0.128. The lowest BCUT2D eigenvalue weighted by Gasteiger charge is -2.21. The first-order valence-electron chi connectivity index (χ1n) is 9.78. The Morgan fingerprint density at radius 2 is 1.93 bits per heavy atom. The van der Waals surface area contributed by atoms with Gasteiger partial charge in [0, 0.05) is 35.9 Å². The van der Waals surface area contributed by atoms with Gasteiger partial charge in [-0.05, 0) is 60.0 Å². The molecule has 0 radical (unpaired) electrons. The molecule has 7 heteroatoms. The third-order valence-corrected chi connectivity index (χ3v) is 5.23. The Bertz CT molecular complexity index is 1160. The highest BCUT2D eigenvalue weighted by Crippen LogP contribution is 2.21. The van der Waals surface area contributed by atoms with Crippen molar-refractivity contribution < 1.29 is 4.79 Å². The van der Waals surface area contributed by atoms with Crippen molar-refractivity contribution in [3.8, 4) is 11.1 Å². The first kappa shape index (κ1) is 19.9. The molecule has 2 amide bonds. The van der Waals surface area contributed by atoms with E-state index in [0.717, 1.165) is 33.3 Å². The van der Waals surface area contributed by atoms with Crippen LogP contribution >= 0.6 is 11.6 Å². The van der Waals surface area contributed by atoms with Gasteiger partial charge in [0.05, 0.1) is 17.8 Å². The predicted molar refractivity (Wildman–Crippen MR) is 119 cm³/mol. The van der Waals surface area contributed by atoms with Crippen LogP contribution in [0.1, 0.15) is 18.2 Å². The molecule has 6 nitrogen and oxygen atoms in total. The van der Waals surface area contributed by atoms with Crippen LogP contribution in [0.15, 0.2) is 67.0 Å². The molecule has 2 heterocycles. The number of carbonyl (C=O) groups excluding carboxylic acids is 1. The van der Waals surface area contributed by atoms with E-state index in [1.807, 2.05) is 43.3 Å². The highest BCUT2D eigenvalue weighted by molar-refractivity contribution is 6.31. The summed E-state index contributed by atoms with van der Waals surface area (Å²) in [6.45, 7) is 3.44. The molecule has 2 aromatic heterocycles. The van der Waals surface area contributed by atoms with E-state index in [-0.39, 0.29) is 6.03 Å². The van der Waals surface area contributed by atoms with Crippen LogP contribution in [0.3, 0.4) is 0 Å². The molecule has 0 atom stereocenters. The highest BCUT2D eigenvalue weighted by atomic mass is 35.5. The normalized spacial score (nSPS) is 10.9. The SMILES string of the molecule is CCN(Cc1cccc(-c2ccncc2)c1)C(=O)NCc1[nH]nc2ccc(Cl)cc12. The van der Waals surface area contributed by atoms with Gasteiger partial charge in [-0.1, -0.05) is 29.8 Å². The first-order valence-corrected chi connectivity index (χ1v) is 10.2. The van der Waals surface area contributed by atoms with Gasteiger partial charge in [0.25, 0.3) is 0 Å². The van der Waals surface area contributed by atoms with Gasteiger partial charge in [0.15, 0.2) is 0 Å². The number of pyridine rings is 1. The largest absolute Gasteiger partial charge is 0.332 e. The number of nitrogens with zero attached hydrogens (tertiary/aromatic N) is 3. The number of aromatic nitrogens is 3. The smallest absolute Gasteiger partial charge is 0.318 e. The number of halogens is 1. The molecule has 0 saturated carbocycles. The number of H-pyrrole nitrogens is 1. The molecule has 2 N–H and O–H groups in total. The van der Waals surface area contributed by atoms with Crippen LogP contribution in [-0.2, 0) is 13.1 Å². The van der Waals surface area contributed by atoms with E-state index in [4.69, 9.17) is 11.6 Å². The van der Waals surface area contributed by atoms with Crippen molar-refractivity contribution in [2.45, 2.75) is 20.0 Å². The van der Waals surface area contributed by atoms with E-state index < -0.39 is 0 Å². The van der Waals surface area contributed by atoms with E-state index in [1.165, 1.54) is 0 Å². The van der Waals surface area contributed by atoms with Crippen molar-refractivity contribution in [1.29, 1.82) is 0 Å². The van der Waals surface area contributed by atoms with Gasteiger partial charge in [0.2, 0.25) is 0 Å². The summed E-state index contributed by atoms with van der Waals surface area (Å²) in [5, 5.41) is 11.8. The monoisotopic (exact) mass is 419 g/mol. The van der Waals surface area contributed by atoms with Crippen LogP contribution < -0.4 is 5.32 Å². The molecule has 2 aromatic carbocycles. The second-order valence-electron chi connectivity index (χ2n) is 6.97. The molecule has 0 aliphatic rings. The number of hydrogen-bond donors (Lipinski definition) is 2. The summed E-state index contributed by atoms with van der Waals surface area (Å²) in [5.41, 5.74) is 4.93. The molecule has 30 heavy (non-hydrogen) atoms. The van der Waals surface area contributed by atoms with Crippen LogP contribution in [-0.4, -0.2) is 32.7 Å². The number of rotatable bonds is 6. The lowest BCUT2D eigenvalue weighted by Crippen LogP contribution is -2.39. The Morgan fingerprint density at radius 3 is 2.73 bits per heavy atom. The fourth-order valence-corrected chi connectivity index (χ4v) is 3.56. The molecular weight excluding hydrogens is 398 g/mol. The van der Waals surface area contributed by atoms with Crippen molar-refractivity contribution in [2.24, 2.45) is 0 Å². The third kappa shape index (κ3) is 4.44. The van der Waals surface area contributed by atoms with Gasteiger partial charge >= 0.3 is 6.03 Å². The zero-order valence-electron chi connectivity index (χ0n) is 16.6. The number of carbonyl (C=O) groups is 1. The molecule has 4 aromatic rings. The van der Waals surface area contributed by atoms with Crippen molar-refractivity contribution in [1.82, 2.24) is 25.4 Å². The van der Waals surface area contributed by atoms with Gasteiger partial charge in [-0.15, -0.1) is 0 Å². The molecule has 0 aliphatic heterocycles. The maximum absolute atomic E-state index is 12.8. The second kappa shape index (κ2) is 8.97. The molecule has 0 unspecified atom stereocenters. The summed E-state index contributed by atoms with van der Waals surface area (Å²) < 4.78 is 0. The van der Waals surface area contributed by atoms with Crippen LogP contribution in [0.5, 0.6) is 0 Å². The standard InChI is InChI=1S/C23H22ClN5O/c1-2-29(15-16-4-3-5-18(12-16)17-8-10-25-11-9-17)23(30)26-14-22-20-13-19(24)6-7-21(20)27-28-22/h3-13H,2,14-15H2,1H3,(H,26,30)(H,27,28). The van der Waals surface area contributed by atoms with E-state index in [2.05, 4.69) is 32.6 Å². The predicted octanol–water partition coefficient (Wildman–Crippen LogP) is 5.01. The molecular formula is C23H22ClN5O. The summed E-state index contributed by atoms with van der Waals surface area (Å²) in [7, 11) is 0. The van der Waals surface area contributed by atoms with Crippen LogP contribution in [0.2, 0.25) is 5.02 Å². The first-order chi connectivity index (χ1) is 14.6. The van der Waals surface area contributed by atoms with E-state index >= 15 is 0 Å². The van der Waals surface area contributed by atoms with Crippen LogP contribution in [0.25, 0.3) is 22.0 Å². The number of aromatic amines is 1. The van der Waals surface area contributed by atoms with Gasteiger partial charge in [-0.3, -0.25) is 10.1 Å². The molecule has 0 saturated heterocycles. The molecule has 0 aliphatic carbocycles. The summed E-state index contributed by atoms with van der Waals surface area (Å²) in [6, 6.07) is 17.5. The molecule has 0 spiro atoms. The Hall–Kier alpha value is -3.38. The number of hydrogen-bond acceptors (Lipinski definition) is 3. The van der Waals surface area contributed by atoms with Gasteiger partial charge in [-0.25, -0.2) is 4.79 Å². The Balaban J connectivity index is 1.43. The van der Waals surface area contributed by atoms with E-state index in [0.29, 0.717) is 24.7 Å². The van der Waals surface area contributed by atoms with Crippen molar-refractivity contribution in [3.05, 3.63) is 83.3 Å². The topological polar surface area (TPSA) is 73.9 Å². The van der Waals surface area contributed by atoms with Gasteiger partial charge in [-0.2, -0.15) is 5.10 Å². The summed E-state index contributed by atoms with van der Waals surface area (Å²) in [5.74, 6) is 0. The Morgan fingerprint density at radius 1 is 1.10 bits per heavy atom. The average molecular weight is 420 g/mol. The summed E-state index contributed by atoms with van der Waals surface area (Å²) >= 11 is 6.09. The van der Waals surface area contributed by atoms with Crippen LogP contribution in [0.4, 0.5) is 4.79 Å². The maximum atomic E-state index is 12.8. The molecule has 4 rings (SSSR count). The van der Waals surface area contributed by atoms with E-state index in [9.17, 15) is 4.79 Å². The van der Waals surface area contributed by atoms with Crippen molar-refractivity contribution >= 4 is 28.5 Å². The number of nitrogens with one attached hydrogen (secondary N) is 2. The number of amides is 2. The maximum Gasteiger partial charge on any atom is 0.318 e. The zero-order valence-corrected chi connectivity index (χ0v) is 17.4. The van der Waals surface area contributed by atoms with Crippen molar-refractivity contribution in [3.63, 3.8) is 0 Å². The molecule has 152 valence electrons. The second-order valence-corrected chi connectivity index (χ2v) is 7.41. The lowest BCUT2D eigenvalue weighted by molar-refractivity contribution is 0.197. The minimum absolute atomic E-state index is 0.128.